The van der Waals surface area contributed by atoms with Crippen LogP contribution in [0.5, 0.6) is 17.2 Å². The number of carbonyl (C=O) groups excluding carboxylic acids is 1. The minimum atomic E-state index is -0.319. The third-order valence-corrected chi connectivity index (χ3v) is 4.55. The van der Waals surface area contributed by atoms with E-state index in [0.717, 1.165) is 21.5 Å². The molecule has 0 heterocycles. The first-order chi connectivity index (χ1) is 13.2. The average Bonchev–Trinajstić information content (AvgIpc) is 2.64. The van der Waals surface area contributed by atoms with Gasteiger partial charge in [0.1, 0.15) is 5.75 Å². The lowest BCUT2D eigenvalue weighted by Gasteiger charge is -2.22. The highest BCUT2D eigenvalue weighted by molar-refractivity contribution is 9.10. The smallest absolute Gasteiger partial charge is 0.258 e. The number of halogens is 1. The van der Waals surface area contributed by atoms with Crippen LogP contribution in [-0.2, 0) is 11.3 Å². The van der Waals surface area contributed by atoms with Crippen LogP contribution in [0.4, 0.5) is 5.69 Å². The summed E-state index contributed by atoms with van der Waals surface area (Å²) in [5.41, 5.74) is 1.48. The standard InChI is InChI=1S/C21H27BrN2O4/c1-21(2,3)24-19(25)13-28-20-16(17(22)10-11-18(20)27-5)12-23-14-6-8-15(26-4)9-7-14/h6-11,23H,12-13H2,1-5H3,(H,24,25). The lowest BCUT2D eigenvalue weighted by Crippen LogP contribution is -2.43. The molecule has 152 valence electrons. The normalized spacial score (nSPS) is 10.9. The van der Waals surface area contributed by atoms with Crippen molar-refractivity contribution in [2.75, 3.05) is 26.1 Å². The zero-order valence-corrected chi connectivity index (χ0v) is 18.5. The van der Waals surface area contributed by atoms with Crippen LogP contribution in [0.2, 0.25) is 0 Å². The maximum absolute atomic E-state index is 12.2. The molecule has 6 nitrogen and oxygen atoms in total. The van der Waals surface area contributed by atoms with Crippen molar-refractivity contribution < 1.29 is 19.0 Å². The molecule has 0 fully saturated rings. The van der Waals surface area contributed by atoms with Crippen molar-refractivity contribution in [2.45, 2.75) is 32.9 Å². The van der Waals surface area contributed by atoms with Gasteiger partial charge in [-0.2, -0.15) is 0 Å². The van der Waals surface area contributed by atoms with E-state index in [4.69, 9.17) is 14.2 Å². The number of nitrogens with one attached hydrogen (secondary N) is 2. The van der Waals surface area contributed by atoms with Crippen LogP contribution in [0.3, 0.4) is 0 Å². The first-order valence-electron chi connectivity index (χ1n) is 8.90. The van der Waals surface area contributed by atoms with Gasteiger partial charge in [-0.05, 0) is 57.2 Å². The number of ether oxygens (including phenoxy) is 3. The van der Waals surface area contributed by atoms with Gasteiger partial charge in [0.2, 0.25) is 0 Å². The molecule has 28 heavy (non-hydrogen) atoms. The number of carbonyl (C=O) groups is 1. The van der Waals surface area contributed by atoms with Gasteiger partial charge in [0.25, 0.3) is 5.91 Å². The van der Waals surface area contributed by atoms with Crippen LogP contribution in [0.25, 0.3) is 0 Å². The van der Waals surface area contributed by atoms with Crippen LogP contribution in [0, 0.1) is 0 Å². The first-order valence-corrected chi connectivity index (χ1v) is 9.70. The Bertz CT molecular complexity index is 801. The summed E-state index contributed by atoms with van der Waals surface area (Å²) in [6.45, 7) is 6.17. The molecule has 2 rings (SSSR count). The van der Waals surface area contributed by atoms with Crippen molar-refractivity contribution in [1.82, 2.24) is 5.32 Å². The minimum absolute atomic E-state index is 0.0976. The number of hydrogen-bond acceptors (Lipinski definition) is 5. The fourth-order valence-electron chi connectivity index (χ4n) is 2.56. The number of benzene rings is 2. The van der Waals surface area contributed by atoms with E-state index in [1.165, 1.54) is 0 Å². The first kappa shape index (κ1) is 21.9. The van der Waals surface area contributed by atoms with Gasteiger partial charge in [0.05, 0.1) is 14.2 Å². The Balaban J connectivity index is 2.16. The van der Waals surface area contributed by atoms with Crippen molar-refractivity contribution in [2.24, 2.45) is 0 Å². The predicted octanol–water partition coefficient (Wildman–Crippen LogP) is 4.37. The highest BCUT2D eigenvalue weighted by Gasteiger charge is 2.18. The summed E-state index contributed by atoms with van der Waals surface area (Å²) in [5, 5.41) is 6.23. The molecule has 0 aliphatic heterocycles. The summed E-state index contributed by atoms with van der Waals surface area (Å²) in [7, 11) is 3.21. The minimum Gasteiger partial charge on any atom is -0.497 e. The fraction of sp³-hybridized carbons (Fsp3) is 0.381. The van der Waals surface area contributed by atoms with Crippen molar-refractivity contribution in [3.8, 4) is 17.2 Å². The van der Waals surface area contributed by atoms with Gasteiger partial charge >= 0.3 is 0 Å². The topological polar surface area (TPSA) is 68.8 Å². The number of amides is 1. The van der Waals surface area contributed by atoms with Gasteiger partial charge in [-0.1, -0.05) is 15.9 Å². The number of hydrogen-bond donors (Lipinski definition) is 2. The quantitative estimate of drug-likeness (QED) is 0.624. The zero-order chi connectivity index (χ0) is 20.7. The van der Waals surface area contributed by atoms with E-state index in [9.17, 15) is 4.79 Å². The van der Waals surface area contributed by atoms with Gasteiger partial charge in [-0.25, -0.2) is 0 Å². The third-order valence-electron chi connectivity index (χ3n) is 3.81. The van der Waals surface area contributed by atoms with E-state index in [0.29, 0.717) is 18.0 Å². The largest absolute Gasteiger partial charge is 0.497 e. The van der Waals surface area contributed by atoms with Gasteiger partial charge < -0.3 is 24.8 Å². The second kappa shape index (κ2) is 9.68. The lowest BCUT2D eigenvalue weighted by atomic mass is 10.1. The molecule has 7 heteroatoms. The molecule has 2 aromatic rings. The molecule has 0 saturated carbocycles. The van der Waals surface area contributed by atoms with Crippen molar-refractivity contribution in [3.05, 3.63) is 46.4 Å². The van der Waals surface area contributed by atoms with Crippen LogP contribution < -0.4 is 24.8 Å². The Morgan fingerprint density at radius 1 is 1.04 bits per heavy atom. The van der Waals surface area contributed by atoms with E-state index in [1.54, 1.807) is 20.3 Å². The second-order valence-corrected chi connectivity index (χ2v) is 8.08. The lowest BCUT2D eigenvalue weighted by molar-refractivity contribution is -0.124. The summed E-state index contributed by atoms with van der Waals surface area (Å²) in [5.74, 6) is 1.70. The highest BCUT2D eigenvalue weighted by Crippen LogP contribution is 2.37. The second-order valence-electron chi connectivity index (χ2n) is 7.23. The maximum atomic E-state index is 12.2. The Hall–Kier alpha value is -2.41. The average molecular weight is 451 g/mol. The summed E-state index contributed by atoms with van der Waals surface area (Å²) in [6.07, 6.45) is 0. The van der Waals surface area contributed by atoms with Crippen molar-refractivity contribution in [1.29, 1.82) is 0 Å². The van der Waals surface area contributed by atoms with Gasteiger partial charge in [0.15, 0.2) is 18.1 Å². The molecule has 0 aliphatic carbocycles. The van der Waals surface area contributed by atoms with Gasteiger partial charge in [0, 0.05) is 27.8 Å². The summed E-state index contributed by atoms with van der Waals surface area (Å²) in [6, 6.07) is 11.3. The Morgan fingerprint density at radius 2 is 1.71 bits per heavy atom. The molecule has 0 bridgehead atoms. The molecule has 2 aromatic carbocycles. The van der Waals surface area contributed by atoms with Crippen molar-refractivity contribution in [3.63, 3.8) is 0 Å². The molecular weight excluding hydrogens is 424 g/mol. The summed E-state index contributed by atoms with van der Waals surface area (Å²) in [4.78, 5) is 12.2. The van der Waals surface area contributed by atoms with Gasteiger partial charge in [-0.3, -0.25) is 4.79 Å². The zero-order valence-electron chi connectivity index (χ0n) is 16.9. The van der Waals surface area contributed by atoms with Crippen LogP contribution >= 0.6 is 15.9 Å². The Labute approximate surface area is 174 Å². The molecule has 1 amide bonds. The predicted molar refractivity (Wildman–Crippen MR) is 114 cm³/mol. The van der Waals surface area contributed by atoms with E-state index in [1.807, 2.05) is 51.1 Å². The van der Waals surface area contributed by atoms with E-state index in [2.05, 4.69) is 26.6 Å². The molecule has 0 spiro atoms. The number of anilines is 1. The Morgan fingerprint density at radius 3 is 2.29 bits per heavy atom. The molecule has 0 aliphatic rings. The van der Waals surface area contributed by atoms with E-state index >= 15 is 0 Å². The number of methoxy groups -OCH3 is 2. The molecule has 0 radical (unpaired) electrons. The summed E-state index contributed by atoms with van der Waals surface area (Å²) >= 11 is 3.57. The molecule has 0 unspecified atom stereocenters. The molecule has 0 aromatic heterocycles. The molecule has 0 atom stereocenters. The van der Waals surface area contributed by atoms with Gasteiger partial charge in [-0.15, -0.1) is 0 Å². The monoisotopic (exact) mass is 450 g/mol. The van der Waals surface area contributed by atoms with E-state index in [-0.39, 0.29) is 18.1 Å². The Kier molecular flexibility index (Phi) is 7.57. The maximum Gasteiger partial charge on any atom is 0.258 e. The van der Waals surface area contributed by atoms with Crippen LogP contribution in [-0.4, -0.2) is 32.3 Å². The van der Waals surface area contributed by atoms with Crippen molar-refractivity contribution >= 4 is 27.5 Å². The molecule has 0 saturated heterocycles. The summed E-state index contributed by atoms with van der Waals surface area (Å²) < 4.78 is 17.3. The molecular formula is C21H27BrN2O4. The third kappa shape index (κ3) is 6.34. The highest BCUT2D eigenvalue weighted by atomic mass is 79.9. The SMILES string of the molecule is COc1ccc(NCc2c(Br)ccc(OC)c2OCC(=O)NC(C)(C)C)cc1. The van der Waals surface area contributed by atoms with Crippen LogP contribution in [0.1, 0.15) is 26.3 Å². The molecule has 2 N–H and O–H groups in total. The number of rotatable bonds is 8. The fourth-order valence-corrected chi connectivity index (χ4v) is 3.01. The van der Waals surface area contributed by atoms with Crippen LogP contribution in [0.15, 0.2) is 40.9 Å². The van der Waals surface area contributed by atoms with E-state index < -0.39 is 0 Å².